The van der Waals surface area contributed by atoms with Crippen molar-refractivity contribution in [1.82, 2.24) is 19.3 Å². The molecule has 0 fully saturated rings. The highest BCUT2D eigenvalue weighted by Gasteiger charge is 2.15. The van der Waals surface area contributed by atoms with Gasteiger partial charge in [0.1, 0.15) is 5.82 Å². The van der Waals surface area contributed by atoms with Gasteiger partial charge in [-0.1, -0.05) is 12.1 Å². The van der Waals surface area contributed by atoms with E-state index in [2.05, 4.69) is 10.1 Å². The Morgan fingerprint density at radius 2 is 2.05 bits per heavy atom. The maximum absolute atomic E-state index is 12.7. The summed E-state index contributed by atoms with van der Waals surface area (Å²) in [6, 6.07) is 9.19. The third-order valence-electron chi connectivity index (χ3n) is 3.49. The summed E-state index contributed by atoms with van der Waals surface area (Å²) in [5, 5.41) is 4.37. The Morgan fingerprint density at radius 1 is 1.29 bits per heavy atom. The van der Waals surface area contributed by atoms with Gasteiger partial charge in [0.25, 0.3) is 5.56 Å². The van der Waals surface area contributed by atoms with Gasteiger partial charge in [0.05, 0.1) is 28.5 Å². The first-order valence-corrected chi connectivity index (χ1v) is 7.12. The van der Waals surface area contributed by atoms with Crippen LogP contribution in [0.3, 0.4) is 0 Å². The number of alkyl halides is 1. The summed E-state index contributed by atoms with van der Waals surface area (Å²) in [6.45, 7) is 2.22. The number of para-hydroxylation sites is 1. The van der Waals surface area contributed by atoms with Crippen LogP contribution in [0.2, 0.25) is 0 Å². The molecule has 0 aliphatic carbocycles. The number of halogens is 1. The Bertz CT molecular complexity index is 850. The Morgan fingerprint density at radius 3 is 2.71 bits per heavy atom. The summed E-state index contributed by atoms with van der Waals surface area (Å²) < 4.78 is 3.36. The quantitative estimate of drug-likeness (QED) is 0.698. The van der Waals surface area contributed by atoms with E-state index >= 15 is 0 Å². The number of rotatable bonds is 3. The minimum absolute atomic E-state index is 0.0794. The third kappa shape index (κ3) is 2.45. The van der Waals surface area contributed by atoms with Crippen LogP contribution in [-0.4, -0.2) is 19.3 Å². The second-order valence-corrected chi connectivity index (χ2v) is 5.60. The predicted molar refractivity (Wildman–Crippen MR) is 82.6 cm³/mol. The largest absolute Gasteiger partial charge is 0.289 e. The molecule has 5 nitrogen and oxygen atoms in total. The zero-order valence-electron chi connectivity index (χ0n) is 11.8. The summed E-state index contributed by atoms with van der Waals surface area (Å²) in [7, 11) is 1.85. The average Bonchev–Trinajstić information content (AvgIpc) is 2.87. The van der Waals surface area contributed by atoms with Crippen molar-refractivity contribution in [2.75, 3.05) is 0 Å². The number of nitrogens with zero attached hydrogens (tertiary/aromatic N) is 4. The molecule has 0 radical (unpaired) electrons. The van der Waals surface area contributed by atoms with E-state index in [0.29, 0.717) is 23.3 Å². The lowest BCUT2D eigenvalue weighted by molar-refractivity contribution is 0.621. The topological polar surface area (TPSA) is 52.7 Å². The number of aryl methyl sites for hydroxylation is 1. The van der Waals surface area contributed by atoms with E-state index in [1.54, 1.807) is 21.5 Å². The van der Waals surface area contributed by atoms with Crippen LogP contribution in [0, 0.1) is 0 Å². The van der Waals surface area contributed by atoms with Crippen LogP contribution in [0.15, 0.2) is 41.3 Å². The Balaban J connectivity index is 2.24. The van der Waals surface area contributed by atoms with Crippen molar-refractivity contribution in [2.24, 2.45) is 7.05 Å². The highest BCUT2D eigenvalue weighted by atomic mass is 35.5. The first kappa shape index (κ1) is 13.8. The first-order valence-electron chi connectivity index (χ1n) is 6.68. The standard InChI is InChI=1S/C15H15ClN4O/c1-10(16)14-18-13-6-4-3-5-12(13)15(21)20(14)9-11-7-8-17-19(11)2/h3-8,10H,9H2,1-2H3. The lowest BCUT2D eigenvalue weighted by Gasteiger charge is -2.15. The second-order valence-electron chi connectivity index (χ2n) is 4.94. The molecule has 0 aliphatic rings. The lowest BCUT2D eigenvalue weighted by Crippen LogP contribution is -2.27. The van der Waals surface area contributed by atoms with Crippen molar-refractivity contribution in [2.45, 2.75) is 18.8 Å². The molecule has 108 valence electrons. The molecule has 1 aromatic carbocycles. The number of benzene rings is 1. The fourth-order valence-corrected chi connectivity index (χ4v) is 2.53. The molecule has 0 saturated carbocycles. The van der Waals surface area contributed by atoms with Gasteiger partial charge in [0.15, 0.2) is 0 Å². The van der Waals surface area contributed by atoms with Gasteiger partial charge in [-0.3, -0.25) is 14.0 Å². The molecule has 3 rings (SSSR count). The maximum atomic E-state index is 12.7. The number of aromatic nitrogens is 4. The molecule has 3 aromatic rings. The Labute approximate surface area is 126 Å². The summed E-state index contributed by atoms with van der Waals surface area (Å²) in [5.74, 6) is 0.571. The van der Waals surface area contributed by atoms with E-state index in [1.807, 2.05) is 38.2 Å². The molecule has 0 saturated heterocycles. The summed E-state index contributed by atoms with van der Waals surface area (Å²) in [4.78, 5) is 17.3. The molecule has 0 amide bonds. The minimum atomic E-state index is -0.351. The molecule has 0 spiro atoms. The zero-order chi connectivity index (χ0) is 15.0. The second kappa shape index (κ2) is 5.33. The number of fused-ring (bicyclic) bond motifs is 1. The molecule has 6 heteroatoms. The molecule has 0 N–H and O–H groups in total. The maximum Gasteiger partial charge on any atom is 0.261 e. The van der Waals surface area contributed by atoms with Gasteiger partial charge in [-0.05, 0) is 25.1 Å². The molecule has 0 bridgehead atoms. The fourth-order valence-electron chi connectivity index (χ4n) is 2.36. The van der Waals surface area contributed by atoms with Crippen LogP contribution < -0.4 is 5.56 Å². The van der Waals surface area contributed by atoms with E-state index < -0.39 is 0 Å². The van der Waals surface area contributed by atoms with Crippen LogP contribution in [0.4, 0.5) is 0 Å². The summed E-state index contributed by atoms with van der Waals surface area (Å²) >= 11 is 6.22. The molecule has 21 heavy (non-hydrogen) atoms. The highest BCUT2D eigenvalue weighted by Crippen LogP contribution is 2.19. The zero-order valence-corrected chi connectivity index (χ0v) is 12.6. The van der Waals surface area contributed by atoms with E-state index in [-0.39, 0.29) is 10.9 Å². The van der Waals surface area contributed by atoms with E-state index in [9.17, 15) is 4.79 Å². The normalized spacial score (nSPS) is 12.7. The Kier molecular flexibility index (Phi) is 3.51. The molecule has 2 aromatic heterocycles. The third-order valence-corrected chi connectivity index (χ3v) is 3.68. The van der Waals surface area contributed by atoms with E-state index in [1.165, 1.54) is 0 Å². The fraction of sp³-hybridized carbons (Fsp3) is 0.267. The van der Waals surface area contributed by atoms with Crippen LogP contribution in [0.1, 0.15) is 23.8 Å². The van der Waals surface area contributed by atoms with Crippen molar-refractivity contribution >= 4 is 22.5 Å². The highest BCUT2D eigenvalue weighted by molar-refractivity contribution is 6.20. The smallest absolute Gasteiger partial charge is 0.261 e. The van der Waals surface area contributed by atoms with Gasteiger partial charge in [-0.25, -0.2) is 4.98 Å². The summed E-state index contributed by atoms with van der Waals surface area (Å²) in [5.41, 5.74) is 1.52. The van der Waals surface area contributed by atoms with Crippen LogP contribution in [0.5, 0.6) is 0 Å². The van der Waals surface area contributed by atoms with Crippen molar-refractivity contribution in [1.29, 1.82) is 0 Å². The van der Waals surface area contributed by atoms with Crippen LogP contribution in [0.25, 0.3) is 10.9 Å². The van der Waals surface area contributed by atoms with Crippen molar-refractivity contribution in [3.8, 4) is 0 Å². The van der Waals surface area contributed by atoms with Crippen LogP contribution in [-0.2, 0) is 13.6 Å². The SMILES string of the molecule is CC(Cl)c1nc2ccccc2c(=O)n1Cc1ccnn1C. The van der Waals surface area contributed by atoms with Crippen molar-refractivity contribution in [3.05, 3.63) is 58.4 Å². The van der Waals surface area contributed by atoms with Gasteiger partial charge in [-0.2, -0.15) is 5.10 Å². The van der Waals surface area contributed by atoms with Gasteiger partial charge in [-0.15, -0.1) is 11.6 Å². The number of hydrogen-bond donors (Lipinski definition) is 0. The first-order chi connectivity index (χ1) is 10.1. The molecule has 1 unspecified atom stereocenters. The average molecular weight is 303 g/mol. The molecular formula is C15H15ClN4O. The van der Waals surface area contributed by atoms with Gasteiger partial charge < -0.3 is 0 Å². The van der Waals surface area contributed by atoms with Crippen molar-refractivity contribution in [3.63, 3.8) is 0 Å². The van der Waals surface area contributed by atoms with Crippen molar-refractivity contribution < 1.29 is 0 Å². The Hall–Kier alpha value is -2.14. The number of hydrogen-bond acceptors (Lipinski definition) is 3. The van der Waals surface area contributed by atoms with Gasteiger partial charge in [0.2, 0.25) is 0 Å². The molecule has 2 heterocycles. The monoisotopic (exact) mass is 302 g/mol. The summed E-state index contributed by atoms with van der Waals surface area (Å²) in [6.07, 6.45) is 1.71. The lowest BCUT2D eigenvalue weighted by atomic mass is 10.2. The van der Waals surface area contributed by atoms with E-state index in [4.69, 9.17) is 11.6 Å². The van der Waals surface area contributed by atoms with Crippen LogP contribution >= 0.6 is 11.6 Å². The predicted octanol–water partition coefficient (Wildman–Crippen LogP) is 2.48. The van der Waals surface area contributed by atoms with Gasteiger partial charge in [0, 0.05) is 13.2 Å². The molecule has 0 aliphatic heterocycles. The molecular weight excluding hydrogens is 288 g/mol. The van der Waals surface area contributed by atoms with Gasteiger partial charge >= 0.3 is 0 Å². The van der Waals surface area contributed by atoms with E-state index in [0.717, 1.165) is 5.69 Å². The molecule has 1 atom stereocenters. The minimum Gasteiger partial charge on any atom is -0.289 e.